The number of aryl methyl sites for hydroxylation is 1. The molecule has 1 aliphatic carbocycles. The molecule has 0 radical (unpaired) electrons. The molecule has 4 unspecified atom stereocenters. The van der Waals surface area contributed by atoms with Gasteiger partial charge in [0.05, 0.1) is 12.1 Å². The molecule has 5 rings (SSSR count). The van der Waals surface area contributed by atoms with Crippen molar-refractivity contribution in [2.24, 2.45) is 0 Å². The van der Waals surface area contributed by atoms with E-state index >= 15 is 0 Å². The van der Waals surface area contributed by atoms with Crippen molar-refractivity contribution < 1.29 is 31.5 Å². The van der Waals surface area contributed by atoms with Gasteiger partial charge in [-0.2, -0.15) is 18.3 Å². The maximum atomic E-state index is 13.5. The minimum Gasteiger partial charge on any atom is -0.359 e. The normalized spacial score (nSPS) is 24.7. The quantitative estimate of drug-likeness (QED) is 0.486. The van der Waals surface area contributed by atoms with Gasteiger partial charge in [-0.3, -0.25) is 14.3 Å². The third kappa shape index (κ3) is 5.96. The number of halogens is 5. The number of fused-ring (bicyclic) bond motifs is 1. The molecule has 2 N–H and O–H groups in total. The Morgan fingerprint density at radius 1 is 1.15 bits per heavy atom. The van der Waals surface area contributed by atoms with Gasteiger partial charge >= 0.3 is 6.18 Å². The largest absolute Gasteiger partial charge is 0.433 e. The molecule has 3 aliphatic rings. The molecule has 0 saturated carbocycles. The lowest BCUT2D eigenvalue weighted by Gasteiger charge is -2.41. The van der Waals surface area contributed by atoms with Gasteiger partial charge in [-0.25, -0.2) is 8.78 Å². The Labute approximate surface area is 228 Å². The lowest BCUT2D eigenvalue weighted by Crippen LogP contribution is -2.55. The van der Waals surface area contributed by atoms with Crippen LogP contribution in [-0.4, -0.2) is 51.0 Å². The molecular weight excluding hydrogens is 533 g/mol. The van der Waals surface area contributed by atoms with E-state index in [0.29, 0.717) is 17.6 Å². The fourth-order valence-electron chi connectivity index (χ4n) is 5.81. The number of Topliss-reactive ketones (excluding diaryl/α,β-unsaturated/α-hetero) is 1. The molecule has 4 atom stereocenters. The van der Waals surface area contributed by atoms with Crippen LogP contribution in [0.3, 0.4) is 0 Å². The highest BCUT2D eigenvalue weighted by molar-refractivity contribution is 5.85. The number of hydrogen-bond acceptors (Lipinski definition) is 5. The molecule has 214 valence electrons. The number of nitrogens with zero attached hydrogens (tertiary/aromatic N) is 3. The molecule has 2 aliphatic heterocycles. The van der Waals surface area contributed by atoms with Crippen LogP contribution < -0.4 is 10.6 Å². The van der Waals surface area contributed by atoms with Crippen LogP contribution in [-0.2, 0) is 28.7 Å². The van der Waals surface area contributed by atoms with E-state index < -0.39 is 48.4 Å². The Balaban J connectivity index is 1.27. The fourth-order valence-corrected chi connectivity index (χ4v) is 5.81. The number of rotatable bonds is 7. The summed E-state index contributed by atoms with van der Waals surface area (Å²) in [6, 6.07) is 6.53. The summed E-state index contributed by atoms with van der Waals surface area (Å²) < 4.78 is 66.6. The van der Waals surface area contributed by atoms with Crippen LogP contribution in [0.25, 0.3) is 0 Å². The molecule has 40 heavy (non-hydrogen) atoms. The summed E-state index contributed by atoms with van der Waals surface area (Å²) in [4.78, 5) is 28.4. The first-order valence-electron chi connectivity index (χ1n) is 13.3. The molecule has 1 aromatic carbocycles. The third-order valence-corrected chi connectivity index (χ3v) is 7.74. The maximum absolute atomic E-state index is 13.5. The monoisotopic (exact) mass is 563 g/mol. The molecule has 1 fully saturated rings. The molecule has 1 aromatic heterocycles. The molecule has 12 heteroatoms. The van der Waals surface area contributed by atoms with Gasteiger partial charge in [-0.05, 0) is 61.9 Å². The number of allylic oxidation sites excluding steroid dienone is 2. The van der Waals surface area contributed by atoms with Crippen LogP contribution in [0.5, 0.6) is 0 Å². The standard InChI is InChI=1S/C28H30F5N5O2/c29-26(30)22-15-25(28(31,32)33)38(36-22)16-24(39)21-14-18(11-12-34-21)37-13-4-3-10-23(37)27(40)35-20-9-5-7-17-6-1-2-8-19(17)20/h1-4,6,8,10,13,15,18,20-21,23,26,34H,5,7,9,11-12,14,16H2,(H,35,40). The van der Waals surface area contributed by atoms with Crippen molar-refractivity contribution in [1.82, 2.24) is 25.3 Å². The number of nitrogens with one attached hydrogen (secondary N) is 2. The van der Waals surface area contributed by atoms with Crippen molar-refractivity contribution in [1.29, 1.82) is 0 Å². The first-order chi connectivity index (χ1) is 19.1. The van der Waals surface area contributed by atoms with E-state index in [1.54, 1.807) is 24.4 Å². The van der Waals surface area contributed by atoms with Crippen molar-refractivity contribution in [2.75, 3.05) is 6.54 Å². The minimum absolute atomic E-state index is 0.101. The Hall–Kier alpha value is -3.54. The summed E-state index contributed by atoms with van der Waals surface area (Å²) in [6.07, 6.45) is 2.63. The smallest absolute Gasteiger partial charge is 0.359 e. The van der Waals surface area contributed by atoms with E-state index in [1.807, 2.05) is 23.1 Å². The van der Waals surface area contributed by atoms with Gasteiger partial charge in [0, 0.05) is 12.2 Å². The Morgan fingerprint density at radius 2 is 1.95 bits per heavy atom. The van der Waals surface area contributed by atoms with Crippen LogP contribution in [0.1, 0.15) is 60.7 Å². The van der Waals surface area contributed by atoms with Crippen molar-refractivity contribution in [3.8, 4) is 0 Å². The second-order valence-corrected chi connectivity index (χ2v) is 10.3. The number of carbonyl (C=O) groups excluding carboxylic acids is 2. The topological polar surface area (TPSA) is 79.3 Å². The van der Waals surface area contributed by atoms with E-state index in [1.165, 1.54) is 5.56 Å². The lowest BCUT2D eigenvalue weighted by molar-refractivity contribution is -0.145. The number of carbonyl (C=O) groups is 2. The van der Waals surface area contributed by atoms with E-state index in [4.69, 9.17) is 0 Å². The van der Waals surface area contributed by atoms with Crippen molar-refractivity contribution >= 4 is 11.7 Å². The average molecular weight is 564 g/mol. The third-order valence-electron chi connectivity index (χ3n) is 7.74. The first kappa shape index (κ1) is 28.0. The highest BCUT2D eigenvalue weighted by Crippen LogP contribution is 2.33. The summed E-state index contributed by atoms with van der Waals surface area (Å²) in [6.45, 7) is -0.403. The minimum atomic E-state index is -4.94. The highest BCUT2D eigenvalue weighted by atomic mass is 19.4. The van der Waals surface area contributed by atoms with E-state index in [2.05, 4.69) is 21.8 Å². The van der Waals surface area contributed by atoms with E-state index in [0.717, 1.165) is 24.8 Å². The second-order valence-electron chi connectivity index (χ2n) is 10.3. The average Bonchev–Trinajstić information content (AvgIpc) is 3.38. The van der Waals surface area contributed by atoms with Crippen LogP contribution >= 0.6 is 0 Å². The van der Waals surface area contributed by atoms with Gasteiger partial charge < -0.3 is 15.5 Å². The SMILES string of the molecule is O=C(Cn1nc(C(F)F)cc1C(F)(F)F)C1CC(N2C=CC=CC2C(=O)NC2CCCc3ccccc32)CCN1. The Bertz CT molecular complexity index is 1300. The molecule has 2 aromatic rings. The number of amides is 1. The summed E-state index contributed by atoms with van der Waals surface area (Å²) in [5.41, 5.74) is -0.0903. The maximum Gasteiger partial charge on any atom is 0.433 e. The predicted molar refractivity (Wildman–Crippen MR) is 136 cm³/mol. The second kappa shape index (κ2) is 11.5. The molecule has 3 heterocycles. The van der Waals surface area contributed by atoms with Crippen LogP contribution in [0.15, 0.2) is 54.8 Å². The Morgan fingerprint density at radius 3 is 2.73 bits per heavy atom. The summed E-state index contributed by atoms with van der Waals surface area (Å²) in [5.74, 6) is -0.773. The number of ketones is 1. The van der Waals surface area contributed by atoms with Crippen molar-refractivity contribution in [2.45, 2.75) is 75.4 Å². The molecule has 1 saturated heterocycles. The van der Waals surface area contributed by atoms with Gasteiger partial charge in [-0.1, -0.05) is 36.4 Å². The first-order valence-corrected chi connectivity index (χ1v) is 13.3. The summed E-state index contributed by atoms with van der Waals surface area (Å²) in [5, 5.41) is 9.55. The molecule has 0 bridgehead atoms. The number of alkyl halides is 5. The van der Waals surface area contributed by atoms with E-state index in [9.17, 15) is 31.5 Å². The van der Waals surface area contributed by atoms with Crippen LogP contribution in [0.4, 0.5) is 22.0 Å². The van der Waals surface area contributed by atoms with E-state index in [-0.39, 0.29) is 30.5 Å². The van der Waals surface area contributed by atoms with Gasteiger partial charge in [0.25, 0.3) is 6.43 Å². The Kier molecular flexibility index (Phi) is 8.07. The van der Waals surface area contributed by atoms with Gasteiger partial charge in [-0.15, -0.1) is 0 Å². The van der Waals surface area contributed by atoms with Crippen molar-refractivity contribution in [3.05, 3.63) is 77.3 Å². The fraction of sp³-hybridized carbons (Fsp3) is 0.464. The molecule has 0 spiro atoms. The molecule has 1 amide bonds. The lowest BCUT2D eigenvalue weighted by atomic mass is 9.87. The van der Waals surface area contributed by atoms with Crippen molar-refractivity contribution in [3.63, 3.8) is 0 Å². The number of hydrogen-bond donors (Lipinski definition) is 2. The zero-order chi connectivity index (χ0) is 28.4. The zero-order valence-corrected chi connectivity index (χ0v) is 21.6. The zero-order valence-electron chi connectivity index (χ0n) is 21.6. The van der Waals surface area contributed by atoms with Crippen LogP contribution in [0, 0.1) is 0 Å². The van der Waals surface area contributed by atoms with Gasteiger partial charge in [0.1, 0.15) is 24.0 Å². The number of benzene rings is 1. The predicted octanol–water partition coefficient (Wildman–Crippen LogP) is 4.48. The number of aromatic nitrogens is 2. The van der Waals surface area contributed by atoms with Gasteiger partial charge in [0.15, 0.2) is 5.78 Å². The summed E-state index contributed by atoms with van der Waals surface area (Å²) in [7, 11) is 0. The van der Waals surface area contributed by atoms with Crippen LogP contribution in [0.2, 0.25) is 0 Å². The summed E-state index contributed by atoms with van der Waals surface area (Å²) >= 11 is 0. The molecule has 7 nitrogen and oxygen atoms in total. The van der Waals surface area contributed by atoms with Gasteiger partial charge in [0.2, 0.25) is 5.91 Å². The number of piperidine rings is 1. The molecular formula is C28H30F5N5O2. The highest BCUT2D eigenvalue weighted by Gasteiger charge is 2.39.